The van der Waals surface area contributed by atoms with Gasteiger partial charge in [-0.05, 0) is 18.8 Å². The minimum Gasteiger partial charge on any atom is -0.385 e. The zero-order chi connectivity index (χ0) is 14.6. The first-order chi connectivity index (χ1) is 8.74. The van der Waals surface area contributed by atoms with Gasteiger partial charge in [0, 0.05) is 12.6 Å². The molecule has 1 rings (SSSR count). The first kappa shape index (κ1) is 15.9. The molecular formula is C10H17N3O4S2. The third-order valence-corrected chi connectivity index (χ3v) is 5.32. The normalized spacial score (nSPS) is 11.9. The van der Waals surface area contributed by atoms with Gasteiger partial charge >= 0.3 is 5.69 Å². The summed E-state index contributed by atoms with van der Waals surface area (Å²) < 4.78 is 26.1. The van der Waals surface area contributed by atoms with E-state index in [1.54, 1.807) is 0 Å². The van der Waals surface area contributed by atoms with Gasteiger partial charge in [0.05, 0.1) is 4.92 Å². The van der Waals surface area contributed by atoms with Gasteiger partial charge in [-0.2, -0.15) is 0 Å². The summed E-state index contributed by atoms with van der Waals surface area (Å²) in [6.07, 6.45) is 1.63. The second kappa shape index (κ2) is 6.31. The minimum atomic E-state index is -3.71. The summed E-state index contributed by atoms with van der Waals surface area (Å²) in [5.74, 6) is 0.503. The summed E-state index contributed by atoms with van der Waals surface area (Å²) in [5, 5.41) is 10.5. The van der Waals surface area contributed by atoms with Crippen LogP contribution in [0.15, 0.2) is 10.3 Å². The first-order valence-corrected chi connectivity index (χ1v) is 8.07. The molecule has 0 spiro atoms. The predicted molar refractivity (Wildman–Crippen MR) is 74.6 cm³/mol. The van der Waals surface area contributed by atoms with Crippen LogP contribution in [-0.2, 0) is 10.0 Å². The van der Waals surface area contributed by atoms with Gasteiger partial charge in [-0.25, -0.2) is 13.1 Å². The Morgan fingerprint density at radius 1 is 1.53 bits per heavy atom. The van der Waals surface area contributed by atoms with Crippen molar-refractivity contribution in [3.05, 3.63) is 16.2 Å². The van der Waals surface area contributed by atoms with Gasteiger partial charge < -0.3 is 5.73 Å². The number of nitrogen functional groups attached to an aromatic ring is 1. The third kappa shape index (κ3) is 4.44. The Labute approximate surface area is 116 Å². The van der Waals surface area contributed by atoms with Crippen molar-refractivity contribution in [2.24, 2.45) is 5.92 Å². The van der Waals surface area contributed by atoms with Crippen LogP contribution in [0, 0.1) is 16.0 Å². The standard InChI is InChI=1S/C10H17N3O4S2/c1-7(2)4-3-5-12-19(16,17)9-6-8(13(14)15)10(11)18-9/h6-7,12H,3-5,11H2,1-2H3. The van der Waals surface area contributed by atoms with Crippen LogP contribution in [0.5, 0.6) is 0 Å². The largest absolute Gasteiger partial charge is 0.385 e. The van der Waals surface area contributed by atoms with Crippen molar-refractivity contribution in [1.82, 2.24) is 4.72 Å². The molecule has 7 nitrogen and oxygen atoms in total. The number of anilines is 1. The quantitative estimate of drug-likeness (QED) is 0.454. The zero-order valence-corrected chi connectivity index (χ0v) is 12.4. The van der Waals surface area contributed by atoms with Crippen LogP contribution in [0.2, 0.25) is 0 Å². The molecule has 0 atom stereocenters. The molecule has 1 aromatic rings. The Bertz CT molecular complexity index is 551. The highest BCUT2D eigenvalue weighted by atomic mass is 32.2. The maximum atomic E-state index is 11.9. The van der Waals surface area contributed by atoms with Gasteiger partial charge in [-0.1, -0.05) is 25.2 Å². The minimum absolute atomic E-state index is 0.104. The second-order valence-electron chi connectivity index (χ2n) is 4.51. The molecule has 1 aromatic heterocycles. The highest BCUT2D eigenvalue weighted by Crippen LogP contribution is 2.34. The molecule has 0 aliphatic rings. The van der Waals surface area contributed by atoms with Gasteiger partial charge in [0.2, 0.25) is 10.0 Å². The molecule has 9 heteroatoms. The molecule has 108 valence electrons. The molecule has 0 aromatic carbocycles. The molecule has 0 amide bonds. The molecule has 19 heavy (non-hydrogen) atoms. The summed E-state index contributed by atoms with van der Waals surface area (Å²) in [5.41, 5.74) is 5.05. The Morgan fingerprint density at radius 2 is 2.16 bits per heavy atom. The second-order valence-corrected chi connectivity index (χ2v) is 7.58. The molecule has 0 fully saturated rings. The van der Waals surface area contributed by atoms with E-state index in [9.17, 15) is 18.5 Å². The van der Waals surface area contributed by atoms with Crippen molar-refractivity contribution in [2.45, 2.75) is 30.9 Å². The Morgan fingerprint density at radius 3 is 2.63 bits per heavy atom. The van der Waals surface area contributed by atoms with Crippen LogP contribution >= 0.6 is 11.3 Å². The SMILES string of the molecule is CC(C)CCCNS(=O)(=O)c1cc([N+](=O)[O-])c(N)s1. The van der Waals surface area contributed by atoms with Crippen LogP contribution in [0.3, 0.4) is 0 Å². The number of hydrogen-bond donors (Lipinski definition) is 2. The summed E-state index contributed by atoms with van der Waals surface area (Å²) in [4.78, 5) is 9.92. The van der Waals surface area contributed by atoms with Crippen LogP contribution in [0.1, 0.15) is 26.7 Å². The number of thiophene rings is 1. The van der Waals surface area contributed by atoms with Crippen LogP contribution in [0.25, 0.3) is 0 Å². The third-order valence-electron chi connectivity index (χ3n) is 2.43. The Kier molecular flexibility index (Phi) is 5.27. The number of nitrogens with two attached hydrogens (primary N) is 1. The average Bonchev–Trinajstić information content (AvgIpc) is 2.67. The highest BCUT2D eigenvalue weighted by molar-refractivity contribution is 7.91. The van der Waals surface area contributed by atoms with Gasteiger partial charge in [0.15, 0.2) is 5.00 Å². The van der Waals surface area contributed by atoms with Gasteiger partial charge in [-0.15, -0.1) is 0 Å². The molecule has 0 aliphatic carbocycles. The van der Waals surface area contributed by atoms with Crippen LogP contribution in [0.4, 0.5) is 10.7 Å². The molecule has 1 heterocycles. The lowest BCUT2D eigenvalue weighted by Gasteiger charge is -2.06. The highest BCUT2D eigenvalue weighted by Gasteiger charge is 2.24. The van der Waals surface area contributed by atoms with E-state index in [1.807, 2.05) is 0 Å². The molecule has 0 unspecified atom stereocenters. The van der Waals surface area contributed by atoms with Crippen LogP contribution < -0.4 is 10.5 Å². The number of nitro groups is 1. The number of nitrogens with zero attached hydrogens (tertiary/aromatic N) is 1. The van der Waals surface area contributed by atoms with Crippen molar-refractivity contribution < 1.29 is 13.3 Å². The zero-order valence-electron chi connectivity index (χ0n) is 10.8. The van der Waals surface area contributed by atoms with Gasteiger partial charge in [0.25, 0.3) is 0 Å². The van der Waals surface area contributed by atoms with Crippen molar-refractivity contribution in [3.8, 4) is 0 Å². The predicted octanol–water partition coefficient (Wildman–Crippen LogP) is 1.95. The van der Waals surface area contributed by atoms with E-state index in [-0.39, 0.29) is 14.9 Å². The first-order valence-electron chi connectivity index (χ1n) is 5.77. The van der Waals surface area contributed by atoms with Crippen molar-refractivity contribution in [2.75, 3.05) is 12.3 Å². The van der Waals surface area contributed by atoms with E-state index in [0.717, 1.165) is 18.9 Å². The lowest BCUT2D eigenvalue weighted by Crippen LogP contribution is -2.24. The van der Waals surface area contributed by atoms with E-state index in [2.05, 4.69) is 18.6 Å². The van der Waals surface area contributed by atoms with Crippen molar-refractivity contribution in [1.29, 1.82) is 0 Å². The molecule has 3 N–H and O–H groups in total. The lowest BCUT2D eigenvalue weighted by molar-refractivity contribution is -0.383. The number of sulfonamides is 1. The topological polar surface area (TPSA) is 115 Å². The van der Waals surface area contributed by atoms with Crippen molar-refractivity contribution >= 4 is 32.0 Å². The molecule has 0 saturated carbocycles. The summed E-state index contributed by atoms with van der Waals surface area (Å²) in [6, 6.07) is 0.991. The average molecular weight is 307 g/mol. The van der Waals surface area contributed by atoms with Crippen LogP contribution in [-0.4, -0.2) is 19.9 Å². The number of rotatable bonds is 7. The number of hydrogen-bond acceptors (Lipinski definition) is 6. The summed E-state index contributed by atoms with van der Waals surface area (Å²) in [7, 11) is -3.71. The maximum Gasteiger partial charge on any atom is 0.304 e. The van der Waals surface area contributed by atoms with E-state index in [0.29, 0.717) is 23.8 Å². The maximum absolute atomic E-state index is 11.9. The number of nitrogens with one attached hydrogen (secondary N) is 1. The van der Waals surface area contributed by atoms with Gasteiger partial charge in [0.1, 0.15) is 4.21 Å². The molecule has 0 radical (unpaired) electrons. The monoisotopic (exact) mass is 307 g/mol. The molecule has 0 saturated heterocycles. The fourth-order valence-electron chi connectivity index (χ4n) is 1.44. The Balaban J connectivity index is 2.72. The Hall–Kier alpha value is -1.19. The fraction of sp³-hybridized carbons (Fsp3) is 0.600. The molecule has 0 aliphatic heterocycles. The van der Waals surface area contributed by atoms with Crippen molar-refractivity contribution in [3.63, 3.8) is 0 Å². The summed E-state index contributed by atoms with van der Waals surface area (Å²) in [6.45, 7) is 4.42. The van der Waals surface area contributed by atoms with E-state index in [1.165, 1.54) is 0 Å². The molecule has 0 bridgehead atoms. The molecular weight excluding hydrogens is 290 g/mol. The van der Waals surface area contributed by atoms with E-state index < -0.39 is 14.9 Å². The van der Waals surface area contributed by atoms with E-state index >= 15 is 0 Å². The smallest absolute Gasteiger partial charge is 0.304 e. The summed E-state index contributed by atoms with van der Waals surface area (Å²) >= 11 is 0.700. The van der Waals surface area contributed by atoms with Gasteiger partial charge in [-0.3, -0.25) is 10.1 Å². The van der Waals surface area contributed by atoms with E-state index in [4.69, 9.17) is 5.73 Å². The lowest BCUT2D eigenvalue weighted by atomic mass is 10.1. The fourth-order valence-corrected chi connectivity index (χ4v) is 3.77.